The zero-order valence-electron chi connectivity index (χ0n) is 13.7. The van der Waals surface area contributed by atoms with Crippen molar-refractivity contribution in [3.63, 3.8) is 0 Å². The topological polar surface area (TPSA) is 45.2 Å². The quantitative estimate of drug-likeness (QED) is 0.561. The first kappa shape index (κ1) is 17.8. The molecule has 10 heteroatoms. The molecule has 0 amide bonds. The van der Waals surface area contributed by atoms with Gasteiger partial charge in [0, 0.05) is 31.4 Å². The van der Waals surface area contributed by atoms with Crippen LogP contribution in [-0.4, -0.2) is 51.6 Å². The summed E-state index contributed by atoms with van der Waals surface area (Å²) in [6.45, 7) is 0.844. The molecule has 4 heterocycles. The predicted molar refractivity (Wildman–Crippen MR) is 93.3 cm³/mol. The van der Waals surface area contributed by atoms with Crippen LogP contribution in [-0.2, 0) is 0 Å². The van der Waals surface area contributed by atoms with Crippen LogP contribution in [0.4, 0.5) is 19.0 Å². The summed E-state index contributed by atoms with van der Waals surface area (Å²) in [5.74, 6) is -0.406. The summed E-state index contributed by atoms with van der Waals surface area (Å²) in [6, 6.07) is 0.0771. The molecule has 2 aliphatic heterocycles. The maximum atomic E-state index is 14.3. The zero-order valence-corrected chi connectivity index (χ0v) is 15.2. The van der Waals surface area contributed by atoms with E-state index in [0.717, 1.165) is 12.5 Å². The van der Waals surface area contributed by atoms with Crippen molar-refractivity contribution < 1.29 is 13.2 Å². The van der Waals surface area contributed by atoms with E-state index in [2.05, 4.69) is 15.0 Å². The van der Waals surface area contributed by atoms with E-state index < -0.39 is 17.4 Å². The van der Waals surface area contributed by atoms with E-state index in [1.807, 2.05) is 16.8 Å². The number of halogens is 5. The second kappa shape index (κ2) is 6.21. The molecule has 0 spiro atoms. The van der Waals surface area contributed by atoms with Crippen molar-refractivity contribution in [2.24, 2.45) is 0 Å². The molecule has 2 saturated heterocycles. The van der Waals surface area contributed by atoms with Gasteiger partial charge in [0.1, 0.15) is 11.3 Å². The molecule has 4 rings (SSSR count). The molecule has 2 unspecified atom stereocenters. The van der Waals surface area contributed by atoms with E-state index in [1.165, 1.54) is 6.20 Å². The molecule has 0 saturated carbocycles. The smallest absolute Gasteiger partial charge is 0.268 e. The van der Waals surface area contributed by atoms with Gasteiger partial charge in [-0.15, -0.1) is 0 Å². The van der Waals surface area contributed by atoms with Gasteiger partial charge in [0.05, 0.1) is 10.9 Å². The maximum absolute atomic E-state index is 14.3. The molecule has 2 aliphatic rings. The highest BCUT2D eigenvalue weighted by molar-refractivity contribution is 6.30. The zero-order chi connectivity index (χ0) is 18.6. The second-order valence-electron chi connectivity index (χ2n) is 6.66. The van der Waals surface area contributed by atoms with Crippen molar-refractivity contribution in [1.82, 2.24) is 19.9 Å². The summed E-state index contributed by atoms with van der Waals surface area (Å²) < 4.78 is 40.5. The monoisotopic (exact) mass is 403 g/mol. The minimum absolute atomic E-state index is 0.0347. The Labute approximate surface area is 157 Å². The molecule has 0 radical (unpaired) electrons. The number of rotatable bonds is 2. The molecule has 5 nitrogen and oxygen atoms in total. The Balaban J connectivity index is 1.84. The average Bonchev–Trinajstić information content (AvgIpc) is 2.76. The van der Waals surface area contributed by atoms with E-state index in [-0.39, 0.29) is 28.5 Å². The molecule has 0 N–H and O–H groups in total. The molecular formula is C16H14Cl2F3N5. The predicted octanol–water partition coefficient (Wildman–Crippen LogP) is 3.90. The first-order valence-electron chi connectivity index (χ1n) is 8.00. The van der Waals surface area contributed by atoms with Gasteiger partial charge in [-0.25, -0.2) is 14.4 Å². The standard InChI is InChI=1S/C16H14Cl2F3N5/c1-25-8-2-3-16(25,4-10(19)20)7-26(6-8)14-9-5-22-13(17)11(21)12(9)23-15(18)24-14/h4-5,8H,2-3,6-7H2,1H3. The van der Waals surface area contributed by atoms with Crippen LogP contribution in [0.1, 0.15) is 12.8 Å². The van der Waals surface area contributed by atoms with Gasteiger partial charge in [0.15, 0.2) is 11.0 Å². The third-order valence-corrected chi connectivity index (χ3v) is 5.76. The van der Waals surface area contributed by atoms with Gasteiger partial charge in [-0.1, -0.05) is 11.6 Å². The highest BCUT2D eigenvalue weighted by Crippen LogP contribution is 2.42. The largest absolute Gasteiger partial charge is 0.352 e. The lowest BCUT2D eigenvalue weighted by Crippen LogP contribution is -2.59. The van der Waals surface area contributed by atoms with Gasteiger partial charge in [-0.2, -0.15) is 13.8 Å². The van der Waals surface area contributed by atoms with Crippen molar-refractivity contribution in [2.45, 2.75) is 24.4 Å². The Hall–Kier alpha value is -1.64. The first-order valence-corrected chi connectivity index (χ1v) is 8.75. The molecular weight excluding hydrogens is 390 g/mol. The number of anilines is 1. The Morgan fingerprint density at radius 2 is 2.12 bits per heavy atom. The lowest BCUT2D eigenvalue weighted by atomic mass is 9.95. The van der Waals surface area contributed by atoms with Crippen molar-refractivity contribution in [3.8, 4) is 0 Å². The van der Waals surface area contributed by atoms with Crippen molar-refractivity contribution in [3.05, 3.63) is 34.6 Å². The van der Waals surface area contributed by atoms with E-state index in [0.29, 0.717) is 24.2 Å². The fourth-order valence-corrected chi connectivity index (χ4v) is 4.32. The van der Waals surface area contributed by atoms with Crippen LogP contribution in [0.15, 0.2) is 18.4 Å². The van der Waals surface area contributed by atoms with Crippen LogP contribution in [0, 0.1) is 5.82 Å². The van der Waals surface area contributed by atoms with Crippen molar-refractivity contribution >= 4 is 39.9 Å². The van der Waals surface area contributed by atoms with E-state index in [9.17, 15) is 13.2 Å². The van der Waals surface area contributed by atoms with Crippen LogP contribution in [0.5, 0.6) is 0 Å². The molecule has 2 aromatic heterocycles. The molecule has 0 aromatic carbocycles. The van der Waals surface area contributed by atoms with Gasteiger partial charge >= 0.3 is 0 Å². The third-order valence-electron chi connectivity index (χ3n) is 5.33. The number of likely N-dealkylation sites (N-methyl/N-ethyl adjacent to an activating group) is 1. The lowest BCUT2D eigenvalue weighted by molar-refractivity contribution is 0.149. The van der Waals surface area contributed by atoms with Crippen LogP contribution in [0.25, 0.3) is 10.9 Å². The number of pyridine rings is 1. The summed E-state index contributed by atoms with van der Waals surface area (Å²) in [6.07, 6.45) is 2.05. The van der Waals surface area contributed by atoms with Gasteiger partial charge < -0.3 is 4.90 Å². The Morgan fingerprint density at radius 1 is 1.35 bits per heavy atom. The Bertz CT molecular complexity index is 920. The Kier molecular flexibility index (Phi) is 4.24. The fourth-order valence-electron chi connectivity index (χ4n) is 4.02. The number of piperazine rings is 1. The average molecular weight is 404 g/mol. The maximum Gasteiger partial charge on any atom is 0.268 e. The van der Waals surface area contributed by atoms with Gasteiger partial charge in [-0.3, -0.25) is 4.90 Å². The van der Waals surface area contributed by atoms with Crippen LogP contribution in [0.3, 0.4) is 0 Å². The summed E-state index contributed by atoms with van der Waals surface area (Å²) in [7, 11) is 1.85. The van der Waals surface area contributed by atoms with Gasteiger partial charge in [0.2, 0.25) is 5.28 Å². The fraction of sp³-hybridized carbons (Fsp3) is 0.438. The number of hydrogen-bond acceptors (Lipinski definition) is 5. The summed E-state index contributed by atoms with van der Waals surface area (Å²) in [4.78, 5) is 15.8. The molecule has 138 valence electrons. The number of aromatic nitrogens is 3. The molecule has 2 aromatic rings. The molecule has 0 aliphatic carbocycles. The molecule has 2 fully saturated rings. The summed E-state index contributed by atoms with van der Waals surface area (Å²) >= 11 is 11.7. The minimum Gasteiger partial charge on any atom is -0.352 e. The SMILES string of the molecule is CN1C2CCC1(C=C(F)F)CN(c1nc(Cl)nc3c(F)c(Cl)ncc13)C2. The highest BCUT2D eigenvalue weighted by atomic mass is 35.5. The van der Waals surface area contributed by atoms with Gasteiger partial charge in [-0.05, 0) is 31.5 Å². The van der Waals surface area contributed by atoms with Crippen LogP contribution in [0.2, 0.25) is 10.4 Å². The first-order chi connectivity index (χ1) is 12.3. The highest BCUT2D eigenvalue weighted by Gasteiger charge is 2.49. The van der Waals surface area contributed by atoms with Crippen molar-refractivity contribution in [1.29, 1.82) is 0 Å². The van der Waals surface area contributed by atoms with E-state index in [4.69, 9.17) is 23.2 Å². The van der Waals surface area contributed by atoms with Crippen molar-refractivity contribution in [2.75, 3.05) is 25.0 Å². The van der Waals surface area contributed by atoms with Crippen LogP contribution < -0.4 is 4.90 Å². The van der Waals surface area contributed by atoms with E-state index >= 15 is 0 Å². The number of hydrogen-bond donors (Lipinski definition) is 0. The summed E-state index contributed by atoms with van der Waals surface area (Å²) in [5.41, 5.74) is -0.836. The molecule has 2 atom stereocenters. The summed E-state index contributed by atoms with van der Waals surface area (Å²) in [5, 5.41) is -0.100. The minimum atomic E-state index is -1.72. The van der Waals surface area contributed by atoms with E-state index in [1.54, 1.807) is 0 Å². The molecule has 2 bridgehead atoms. The lowest BCUT2D eigenvalue weighted by Gasteiger charge is -2.46. The van der Waals surface area contributed by atoms with Gasteiger partial charge in [0.25, 0.3) is 6.08 Å². The number of nitrogens with zero attached hydrogens (tertiary/aromatic N) is 5. The molecule has 26 heavy (non-hydrogen) atoms. The Morgan fingerprint density at radius 3 is 2.85 bits per heavy atom. The number of fused-ring (bicyclic) bond motifs is 3. The second-order valence-corrected chi connectivity index (χ2v) is 7.36. The third kappa shape index (κ3) is 2.71. The normalized spacial score (nSPS) is 25.8. The van der Waals surface area contributed by atoms with Crippen LogP contribution >= 0.6 is 23.2 Å².